The molecule has 1 fully saturated rings. The van der Waals surface area contributed by atoms with Crippen LogP contribution >= 0.6 is 0 Å². The average molecular weight is 290 g/mol. The van der Waals surface area contributed by atoms with Gasteiger partial charge in [0.1, 0.15) is 15.9 Å². The van der Waals surface area contributed by atoms with Crippen molar-refractivity contribution in [3.8, 4) is 0 Å². The minimum Gasteiger partial charge on any atom is -0.344 e. The van der Waals surface area contributed by atoms with E-state index >= 15 is 0 Å². The molecule has 0 aliphatic carbocycles. The molecule has 7 heteroatoms. The monoisotopic (exact) mass is 290 g/mol. The van der Waals surface area contributed by atoms with Crippen LogP contribution in [0.5, 0.6) is 0 Å². The van der Waals surface area contributed by atoms with Crippen LogP contribution < -0.4 is 5.32 Å². The van der Waals surface area contributed by atoms with Gasteiger partial charge >= 0.3 is 0 Å². The molecule has 0 aromatic heterocycles. The first-order valence-electron chi connectivity index (χ1n) is 6.45. The number of sulfone groups is 1. The summed E-state index contributed by atoms with van der Waals surface area (Å²) in [7, 11) is -3.11. The second-order valence-electron chi connectivity index (χ2n) is 5.45. The lowest BCUT2D eigenvalue weighted by Crippen LogP contribution is -2.46. The maximum Gasteiger partial charge on any atom is 0.245 e. The zero-order valence-corrected chi connectivity index (χ0v) is 12.5. The summed E-state index contributed by atoms with van der Waals surface area (Å²) in [5, 5.41) is 2.71. The quantitative estimate of drug-likeness (QED) is 0.759. The molecule has 0 bridgehead atoms. The van der Waals surface area contributed by atoms with E-state index in [2.05, 4.69) is 5.32 Å². The van der Waals surface area contributed by atoms with Crippen molar-refractivity contribution in [2.75, 3.05) is 25.1 Å². The van der Waals surface area contributed by atoms with Gasteiger partial charge in [0.25, 0.3) is 0 Å². The molecule has 0 aromatic rings. The van der Waals surface area contributed by atoms with Gasteiger partial charge in [-0.2, -0.15) is 0 Å². The molecule has 19 heavy (non-hydrogen) atoms. The Hall–Kier alpha value is -1.11. The minimum atomic E-state index is -3.11. The van der Waals surface area contributed by atoms with E-state index in [9.17, 15) is 18.0 Å². The molecule has 110 valence electrons. The first-order valence-corrected chi connectivity index (χ1v) is 8.51. The van der Waals surface area contributed by atoms with E-state index in [1.807, 2.05) is 13.8 Å². The van der Waals surface area contributed by atoms with Gasteiger partial charge in [-0.1, -0.05) is 13.8 Å². The summed E-state index contributed by atoms with van der Waals surface area (Å²) in [6.07, 6.45) is 1.94. The highest BCUT2D eigenvalue weighted by Gasteiger charge is 2.30. The molecular weight excluding hydrogens is 268 g/mol. The fourth-order valence-corrected chi connectivity index (χ4v) is 2.58. The number of carbonyl (C=O) groups is 2. The maximum absolute atomic E-state index is 12.3. The first-order chi connectivity index (χ1) is 8.69. The van der Waals surface area contributed by atoms with Gasteiger partial charge in [-0.15, -0.1) is 0 Å². The maximum atomic E-state index is 12.3. The van der Waals surface area contributed by atoms with Crippen LogP contribution in [-0.2, 0) is 19.4 Å². The minimum absolute atomic E-state index is 0.0681. The number of hydrogen-bond acceptors (Lipinski definition) is 4. The number of rotatable bonds is 5. The number of hydrogen-bond donors (Lipinski definition) is 1. The first kappa shape index (κ1) is 15.9. The second-order valence-corrected chi connectivity index (χ2v) is 7.71. The van der Waals surface area contributed by atoms with Crippen molar-refractivity contribution in [3.05, 3.63) is 0 Å². The number of amides is 2. The highest BCUT2D eigenvalue weighted by Crippen LogP contribution is 2.11. The van der Waals surface area contributed by atoms with Crippen LogP contribution in [0, 0.1) is 5.92 Å². The van der Waals surface area contributed by atoms with Crippen LogP contribution in [-0.4, -0.2) is 56.3 Å². The lowest BCUT2D eigenvalue weighted by molar-refractivity contribution is -0.133. The Morgan fingerprint density at radius 1 is 1.37 bits per heavy atom. The van der Waals surface area contributed by atoms with E-state index in [1.54, 1.807) is 0 Å². The van der Waals surface area contributed by atoms with Crippen molar-refractivity contribution >= 4 is 21.7 Å². The predicted molar refractivity (Wildman–Crippen MR) is 72.3 cm³/mol. The average Bonchev–Trinajstić information content (AvgIpc) is 2.36. The molecule has 1 aliphatic rings. The van der Waals surface area contributed by atoms with Crippen molar-refractivity contribution in [1.82, 2.24) is 10.2 Å². The number of nitrogens with zero attached hydrogens (tertiary/aromatic N) is 1. The number of carbonyl (C=O) groups excluding carboxylic acids is 2. The lowest BCUT2D eigenvalue weighted by atomic mass is 10.0. The largest absolute Gasteiger partial charge is 0.344 e. The Morgan fingerprint density at radius 3 is 2.53 bits per heavy atom. The molecule has 1 aliphatic heterocycles. The fraction of sp³-hybridized carbons (Fsp3) is 0.833. The van der Waals surface area contributed by atoms with Gasteiger partial charge in [-0.05, 0) is 12.3 Å². The van der Waals surface area contributed by atoms with Gasteiger partial charge in [0.15, 0.2) is 0 Å². The third-order valence-electron chi connectivity index (χ3n) is 2.99. The smallest absolute Gasteiger partial charge is 0.245 e. The van der Waals surface area contributed by atoms with Crippen molar-refractivity contribution in [2.24, 2.45) is 5.92 Å². The summed E-state index contributed by atoms with van der Waals surface area (Å²) in [6.45, 7) is 4.40. The molecule has 0 saturated carbocycles. The van der Waals surface area contributed by atoms with Crippen LogP contribution in [0.3, 0.4) is 0 Å². The Labute approximate surface area is 114 Å². The SMILES string of the molecule is CC(C)CC1NC(=O)CCN(CCS(C)(=O)=O)C1=O. The third-order valence-corrected chi connectivity index (χ3v) is 3.92. The highest BCUT2D eigenvalue weighted by molar-refractivity contribution is 7.90. The number of nitrogens with one attached hydrogen (secondary N) is 1. The van der Waals surface area contributed by atoms with Crippen LogP contribution in [0.2, 0.25) is 0 Å². The molecular formula is C12H22N2O4S. The van der Waals surface area contributed by atoms with E-state index in [4.69, 9.17) is 0 Å². The molecule has 1 unspecified atom stereocenters. The molecule has 6 nitrogen and oxygen atoms in total. The third kappa shape index (κ3) is 5.59. The van der Waals surface area contributed by atoms with E-state index in [0.29, 0.717) is 6.42 Å². The van der Waals surface area contributed by atoms with Crippen LogP contribution in [0.15, 0.2) is 0 Å². The van der Waals surface area contributed by atoms with Crippen molar-refractivity contribution < 1.29 is 18.0 Å². The van der Waals surface area contributed by atoms with E-state index in [1.165, 1.54) is 4.90 Å². The molecule has 2 amide bonds. The summed E-state index contributed by atoms with van der Waals surface area (Å²) in [5.41, 5.74) is 0. The normalized spacial score (nSPS) is 21.5. The van der Waals surface area contributed by atoms with Crippen molar-refractivity contribution in [3.63, 3.8) is 0 Å². The Kier molecular flexibility index (Phi) is 5.34. The summed E-state index contributed by atoms with van der Waals surface area (Å²) >= 11 is 0. The molecule has 1 saturated heterocycles. The van der Waals surface area contributed by atoms with Gasteiger partial charge in [0.05, 0.1) is 5.75 Å². The van der Waals surface area contributed by atoms with Gasteiger partial charge in [-0.3, -0.25) is 9.59 Å². The van der Waals surface area contributed by atoms with E-state index < -0.39 is 15.9 Å². The summed E-state index contributed by atoms with van der Waals surface area (Å²) in [5.74, 6) is -0.116. The van der Waals surface area contributed by atoms with Crippen molar-refractivity contribution in [1.29, 1.82) is 0 Å². The standard InChI is InChI=1S/C12H22N2O4S/c1-9(2)8-10-12(16)14(5-4-11(15)13-10)6-7-19(3,17)18/h9-10H,4-8H2,1-3H3,(H,13,15). The summed E-state index contributed by atoms with van der Waals surface area (Å²) < 4.78 is 22.3. The fourth-order valence-electron chi connectivity index (χ4n) is 2.02. The summed E-state index contributed by atoms with van der Waals surface area (Å²) in [6, 6.07) is -0.533. The predicted octanol–water partition coefficient (Wildman–Crippen LogP) is -0.206. The zero-order chi connectivity index (χ0) is 14.6. The zero-order valence-electron chi connectivity index (χ0n) is 11.7. The molecule has 1 N–H and O–H groups in total. The Balaban J connectivity index is 2.74. The van der Waals surface area contributed by atoms with Crippen LogP contribution in [0.4, 0.5) is 0 Å². The second kappa shape index (κ2) is 6.36. The Bertz CT molecular complexity index is 445. The highest BCUT2D eigenvalue weighted by atomic mass is 32.2. The molecule has 1 atom stereocenters. The molecule has 0 radical (unpaired) electrons. The molecule has 1 rings (SSSR count). The van der Waals surface area contributed by atoms with Crippen LogP contribution in [0.1, 0.15) is 26.7 Å². The molecule has 0 aromatic carbocycles. The topological polar surface area (TPSA) is 83.6 Å². The van der Waals surface area contributed by atoms with Crippen molar-refractivity contribution in [2.45, 2.75) is 32.7 Å². The molecule has 0 spiro atoms. The van der Waals surface area contributed by atoms with E-state index in [-0.39, 0.29) is 43.0 Å². The van der Waals surface area contributed by atoms with Gasteiger partial charge in [0, 0.05) is 25.8 Å². The molecule has 1 heterocycles. The van der Waals surface area contributed by atoms with Gasteiger partial charge < -0.3 is 10.2 Å². The van der Waals surface area contributed by atoms with Crippen LogP contribution in [0.25, 0.3) is 0 Å². The van der Waals surface area contributed by atoms with Gasteiger partial charge in [0.2, 0.25) is 11.8 Å². The van der Waals surface area contributed by atoms with Gasteiger partial charge in [-0.25, -0.2) is 8.42 Å². The Morgan fingerprint density at radius 2 is 2.00 bits per heavy atom. The lowest BCUT2D eigenvalue weighted by Gasteiger charge is -2.24. The summed E-state index contributed by atoms with van der Waals surface area (Å²) in [4.78, 5) is 25.3. The van der Waals surface area contributed by atoms with E-state index in [0.717, 1.165) is 6.26 Å².